The van der Waals surface area contributed by atoms with Gasteiger partial charge in [0.05, 0.1) is 5.69 Å². The van der Waals surface area contributed by atoms with E-state index in [0.717, 1.165) is 19.1 Å². The number of carbonyl (C=O) groups is 1. The highest BCUT2D eigenvalue weighted by Crippen LogP contribution is 2.35. The first-order chi connectivity index (χ1) is 19.8. The summed E-state index contributed by atoms with van der Waals surface area (Å²) in [5.74, 6) is -3.87. The van der Waals surface area contributed by atoms with Crippen molar-refractivity contribution in [2.24, 2.45) is 5.73 Å². The van der Waals surface area contributed by atoms with Crippen LogP contribution in [0.4, 0.5) is 30.7 Å². The largest absolute Gasteiger partial charge is 0.399 e. The van der Waals surface area contributed by atoms with Gasteiger partial charge in [0.25, 0.3) is 12.9 Å². The van der Waals surface area contributed by atoms with Crippen LogP contribution in [0.1, 0.15) is 59.0 Å². The zero-order chi connectivity index (χ0) is 30.7. The lowest BCUT2D eigenvalue weighted by molar-refractivity contribution is -0.120. The minimum Gasteiger partial charge on any atom is -0.399 e. The number of ketones is 1. The highest BCUT2D eigenvalue weighted by atomic mass is 19.3. The molecular weight excluding hydrogens is 565 g/mol. The third kappa shape index (κ3) is 6.69. The molecule has 2 aromatic carbocycles. The molecule has 0 saturated carbocycles. The van der Waals surface area contributed by atoms with Gasteiger partial charge in [0.15, 0.2) is 5.78 Å². The summed E-state index contributed by atoms with van der Waals surface area (Å²) in [5.41, 5.74) is 5.00. The standard InChI is InChI=1S/C30H25F7N4O/c1-15-26(29(34)35)40-41(28(15)30(36)37)14-22(42)11-19(8-17-9-20(31)13-21(32)10-17)27-23(4-3-7-39-27)18-5-6-25(33)24(12-18)16(2)38/h3-7,9-10,12-13,19,29-30H,2,8,11,14,38H2,1H3/t19-/m1/s1. The van der Waals surface area contributed by atoms with Crippen molar-refractivity contribution >= 4 is 11.5 Å². The maximum absolute atomic E-state index is 14.3. The average molecular weight is 591 g/mol. The van der Waals surface area contributed by atoms with Gasteiger partial charge in [-0.2, -0.15) is 5.10 Å². The molecule has 0 spiro atoms. The van der Waals surface area contributed by atoms with Gasteiger partial charge in [0, 0.05) is 47.0 Å². The summed E-state index contributed by atoms with van der Waals surface area (Å²) in [4.78, 5) is 17.7. The molecule has 0 aliphatic carbocycles. The number of hydrogen-bond donors (Lipinski definition) is 1. The highest BCUT2D eigenvalue weighted by Gasteiger charge is 2.29. The van der Waals surface area contributed by atoms with Crippen LogP contribution in [0.15, 0.2) is 61.3 Å². The van der Waals surface area contributed by atoms with E-state index in [-0.39, 0.29) is 35.4 Å². The lowest BCUT2D eigenvalue weighted by Gasteiger charge is -2.20. The van der Waals surface area contributed by atoms with Crippen molar-refractivity contribution in [3.05, 3.63) is 113 Å². The summed E-state index contributed by atoms with van der Waals surface area (Å²) < 4.78 is 97.1. The van der Waals surface area contributed by atoms with Crippen molar-refractivity contribution in [1.82, 2.24) is 14.8 Å². The Balaban J connectivity index is 1.76. The zero-order valence-corrected chi connectivity index (χ0v) is 22.2. The first kappa shape index (κ1) is 30.5. The fraction of sp³-hybridized carbons (Fsp3) is 0.233. The van der Waals surface area contributed by atoms with Crippen molar-refractivity contribution in [1.29, 1.82) is 0 Å². The van der Waals surface area contributed by atoms with E-state index in [2.05, 4.69) is 16.7 Å². The fourth-order valence-corrected chi connectivity index (χ4v) is 4.90. The van der Waals surface area contributed by atoms with Crippen LogP contribution in [0.3, 0.4) is 0 Å². The monoisotopic (exact) mass is 590 g/mol. The summed E-state index contributed by atoms with van der Waals surface area (Å²) >= 11 is 0. The number of alkyl halides is 4. The van der Waals surface area contributed by atoms with E-state index in [9.17, 15) is 35.5 Å². The molecular formula is C30H25F7N4O. The number of hydrogen-bond acceptors (Lipinski definition) is 4. The molecule has 42 heavy (non-hydrogen) atoms. The lowest BCUT2D eigenvalue weighted by atomic mass is 9.86. The zero-order valence-electron chi connectivity index (χ0n) is 22.2. The Morgan fingerprint density at radius 3 is 2.29 bits per heavy atom. The SMILES string of the molecule is C=C(N)c1cc(-c2cccnc2[C@@H](CC(=O)Cn2nc(C(F)F)c(C)c2C(F)F)Cc2cc(F)cc(F)c2)ccc1F. The number of pyridine rings is 1. The Hall–Kier alpha value is -4.48. The number of Topliss-reactive ketones (excluding diaryl/α,β-unsaturated/α-hetero) is 1. The molecule has 1 atom stereocenters. The first-order valence-corrected chi connectivity index (χ1v) is 12.7. The summed E-state index contributed by atoms with van der Waals surface area (Å²) in [5, 5.41) is 3.55. The van der Waals surface area contributed by atoms with Crippen LogP contribution in [0.2, 0.25) is 0 Å². The van der Waals surface area contributed by atoms with E-state index in [1.54, 1.807) is 12.1 Å². The van der Waals surface area contributed by atoms with E-state index in [0.29, 0.717) is 21.9 Å². The number of nitrogens with zero attached hydrogens (tertiary/aromatic N) is 3. The second-order valence-electron chi connectivity index (χ2n) is 9.73. The summed E-state index contributed by atoms with van der Waals surface area (Å²) in [6.07, 6.45) is -5.36. The molecule has 0 fully saturated rings. The van der Waals surface area contributed by atoms with Crippen molar-refractivity contribution in [2.45, 2.75) is 45.1 Å². The predicted molar refractivity (Wildman–Crippen MR) is 142 cm³/mol. The number of nitrogens with two attached hydrogens (primary N) is 1. The fourth-order valence-electron chi connectivity index (χ4n) is 4.90. The van der Waals surface area contributed by atoms with E-state index >= 15 is 0 Å². The molecule has 0 amide bonds. The highest BCUT2D eigenvalue weighted by molar-refractivity contribution is 5.80. The molecule has 0 bridgehead atoms. The van der Waals surface area contributed by atoms with Crippen molar-refractivity contribution in [2.75, 3.05) is 0 Å². The van der Waals surface area contributed by atoms with Crippen LogP contribution in [-0.4, -0.2) is 20.5 Å². The number of carbonyl (C=O) groups excluding carboxylic acids is 1. The van der Waals surface area contributed by atoms with Crippen LogP contribution in [0, 0.1) is 24.4 Å². The minimum absolute atomic E-state index is 0.0329. The Morgan fingerprint density at radius 1 is 0.976 bits per heavy atom. The molecule has 5 nitrogen and oxygen atoms in total. The Kier molecular flexibility index (Phi) is 9.13. The van der Waals surface area contributed by atoms with Gasteiger partial charge in [-0.15, -0.1) is 0 Å². The summed E-state index contributed by atoms with van der Waals surface area (Å²) in [7, 11) is 0. The molecule has 2 aromatic heterocycles. The molecule has 220 valence electrons. The molecule has 2 N–H and O–H groups in total. The van der Waals surface area contributed by atoms with Gasteiger partial charge in [0.2, 0.25) is 0 Å². The second-order valence-corrected chi connectivity index (χ2v) is 9.73. The third-order valence-electron chi connectivity index (χ3n) is 6.74. The van der Waals surface area contributed by atoms with Crippen LogP contribution < -0.4 is 5.73 Å². The molecule has 4 rings (SSSR count). The number of aromatic nitrogens is 3. The van der Waals surface area contributed by atoms with E-state index in [4.69, 9.17) is 5.73 Å². The Morgan fingerprint density at radius 2 is 1.67 bits per heavy atom. The third-order valence-corrected chi connectivity index (χ3v) is 6.74. The van der Waals surface area contributed by atoms with Crippen LogP contribution in [0.25, 0.3) is 16.8 Å². The second kappa shape index (κ2) is 12.6. The normalized spacial score (nSPS) is 12.2. The Bertz CT molecular complexity index is 1610. The van der Waals surface area contributed by atoms with Gasteiger partial charge in [0.1, 0.15) is 35.4 Å². The number of benzene rings is 2. The van der Waals surface area contributed by atoms with Gasteiger partial charge >= 0.3 is 0 Å². The molecule has 0 radical (unpaired) electrons. The molecule has 0 aliphatic rings. The lowest BCUT2D eigenvalue weighted by Crippen LogP contribution is -2.19. The Labute approximate surface area is 236 Å². The van der Waals surface area contributed by atoms with E-state index < -0.39 is 65.5 Å². The van der Waals surface area contributed by atoms with Crippen LogP contribution in [0.5, 0.6) is 0 Å². The quantitative estimate of drug-likeness (QED) is 0.184. The molecule has 0 saturated heterocycles. The molecule has 4 aromatic rings. The van der Waals surface area contributed by atoms with Crippen LogP contribution in [-0.2, 0) is 17.8 Å². The maximum Gasteiger partial charge on any atom is 0.282 e. The molecule has 2 heterocycles. The van der Waals surface area contributed by atoms with Crippen molar-refractivity contribution < 1.29 is 35.5 Å². The van der Waals surface area contributed by atoms with E-state index in [1.807, 2.05) is 0 Å². The predicted octanol–water partition coefficient (Wildman–Crippen LogP) is 7.46. The van der Waals surface area contributed by atoms with E-state index in [1.165, 1.54) is 24.4 Å². The number of rotatable bonds is 11. The van der Waals surface area contributed by atoms with Gasteiger partial charge in [-0.1, -0.05) is 18.7 Å². The summed E-state index contributed by atoms with van der Waals surface area (Å²) in [6, 6.07) is 10.1. The number of halogens is 7. The van der Waals surface area contributed by atoms with Gasteiger partial charge in [-0.3, -0.25) is 14.5 Å². The smallest absolute Gasteiger partial charge is 0.282 e. The first-order valence-electron chi connectivity index (χ1n) is 12.7. The maximum atomic E-state index is 14.3. The van der Waals surface area contributed by atoms with Crippen molar-refractivity contribution in [3.63, 3.8) is 0 Å². The van der Waals surface area contributed by atoms with Crippen molar-refractivity contribution in [3.8, 4) is 11.1 Å². The molecule has 0 aliphatic heterocycles. The van der Waals surface area contributed by atoms with Gasteiger partial charge < -0.3 is 5.73 Å². The van der Waals surface area contributed by atoms with Crippen LogP contribution >= 0.6 is 0 Å². The molecule has 12 heteroatoms. The topological polar surface area (TPSA) is 73.8 Å². The molecule has 0 unspecified atom stereocenters. The average Bonchev–Trinajstić information content (AvgIpc) is 3.23. The minimum atomic E-state index is -3.17. The van der Waals surface area contributed by atoms with Gasteiger partial charge in [-0.05, 0) is 54.8 Å². The summed E-state index contributed by atoms with van der Waals surface area (Å²) in [6.45, 7) is 3.89. The van der Waals surface area contributed by atoms with Gasteiger partial charge in [-0.25, -0.2) is 30.7 Å².